The van der Waals surface area contributed by atoms with Gasteiger partial charge in [-0.2, -0.15) is 0 Å². The van der Waals surface area contributed by atoms with Crippen LogP contribution in [0.2, 0.25) is 0 Å². The lowest BCUT2D eigenvalue weighted by atomic mass is 9.77. The van der Waals surface area contributed by atoms with Gasteiger partial charge in [0.25, 0.3) is 0 Å². The van der Waals surface area contributed by atoms with Crippen LogP contribution in [-0.4, -0.2) is 37.7 Å². The standard InChI is InChI=1S/C45H33BN4O3/c1-44(2)45(3,4)53-46(52-44)33-23-22-30-32-25-28(43-48-41(26-14-7-5-8-15-26)47-42(49-43)27-16-9-6-10-17-27)24-31-29-18-11-12-19-34(29)50(39(31)32)35-20-13-21-36-38(35)37(30)40(33)51-36/h5-25H,1-4H3. The molecule has 0 atom stereocenters. The first-order chi connectivity index (χ1) is 25.8. The Labute approximate surface area is 305 Å². The number of nitrogens with zero attached hydrogens (tertiary/aromatic N) is 4. The van der Waals surface area contributed by atoms with Crippen molar-refractivity contribution in [1.29, 1.82) is 0 Å². The third kappa shape index (κ3) is 4.34. The van der Waals surface area contributed by atoms with Crippen LogP contribution in [0.25, 0.3) is 94.2 Å². The fourth-order valence-corrected chi connectivity index (χ4v) is 8.11. The van der Waals surface area contributed by atoms with Crippen LogP contribution in [-0.2, 0) is 9.31 Å². The Morgan fingerprint density at radius 3 is 1.74 bits per heavy atom. The fourth-order valence-electron chi connectivity index (χ4n) is 8.11. The number of fused-ring (bicyclic) bond motifs is 5. The summed E-state index contributed by atoms with van der Waals surface area (Å²) >= 11 is 0. The molecule has 8 heteroatoms. The Morgan fingerprint density at radius 1 is 0.509 bits per heavy atom. The molecule has 1 aliphatic rings. The van der Waals surface area contributed by atoms with Crippen LogP contribution in [0.5, 0.6) is 0 Å². The minimum Gasteiger partial charge on any atom is -0.456 e. The van der Waals surface area contributed by atoms with Crippen molar-refractivity contribution in [2.75, 3.05) is 0 Å². The number of aromatic nitrogens is 4. The summed E-state index contributed by atoms with van der Waals surface area (Å²) in [5.74, 6) is 1.86. The van der Waals surface area contributed by atoms with Crippen LogP contribution in [0.15, 0.2) is 132 Å². The number of hydrogen-bond acceptors (Lipinski definition) is 6. The van der Waals surface area contributed by atoms with Gasteiger partial charge in [0, 0.05) is 43.7 Å². The molecule has 0 spiro atoms. The summed E-state index contributed by atoms with van der Waals surface area (Å²) in [6.07, 6.45) is 0. The second kappa shape index (κ2) is 10.7. The monoisotopic (exact) mass is 688 g/mol. The molecule has 1 saturated heterocycles. The maximum Gasteiger partial charge on any atom is 0.498 e. The summed E-state index contributed by atoms with van der Waals surface area (Å²) in [6, 6.07) is 44.0. The molecular weight excluding hydrogens is 655 g/mol. The maximum absolute atomic E-state index is 6.83. The van der Waals surface area contributed by atoms with Crippen molar-refractivity contribution in [3.8, 4) is 34.2 Å². The lowest BCUT2D eigenvalue weighted by molar-refractivity contribution is 0.00578. The van der Waals surface area contributed by atoms with Gasteiger partial charge in [-0.3, -0.25) is 0 Å². The Hall–Kier alpha value is -6.09. The number of benzene rings is 6. The highest BCUT2D eigenvalue weighted by Crippen LogP contribution is 2.45. The van der Waals surface area contributed by atoms with E-state index in [1.54, 1.807) is 0 Å². The molecule has 0 N–H and O–H groups in total. The van der Waals surface area contributed by atoms with E-state index in [9.17, 15) is 0 Å². The van der Waals surface area contributed by atoms with Gasteiger partial charge in [0.15, 0.2) is 17.5 Å². The lowest BCUT2D eigenvalue weighted by Crippen LogP contribution is -2.41. The highest BCUT2D eigenvalue weighted by molar-refractivity contribution is 6.65. The van der Waals surface area contributed by atoms with Gasteiger partial charge in [0.2, 0.25) is 0 Å². The summed E-state index contributed by atoms with van der Waals surface area (Å²) < 4.78 is 22.4. The van der Waals surface area contributed by atoms with Crippen LogP contribution >= 0.6 is 0 Å². The molecule has 5 heterocycles. The second-order valence-electron chi connectivity index (χ2n) is 15.1. The molecule has 0 bridgehead atoms. The van der Waals surface area contributed by atoms with E-state index in [1.807, 2.05) is 60.7 Å². The highest BCUT2D eigenvalue weighted by Gasteiger charge is 2.52. The molecule has 10 aromatic rings. The molecule has 0 radical (unpaired) electrons. The Morgan fingerprint density at radius 2 is 1.08 bits per heavy atom. The van der Waals surface area contributed by atoms with Crippen LogP contribution < -0.4 is 5.46 Å². The molecule has 1 fully saturated rings. The van der Waals surface area contributed by atoms with Crippen molar-refractivity contribution in [3.05, 3.63) is 127 Å². The van der Waals surface area contributed by atoms with E-state index >= 15 is 0 Å². The molecule has 0 amide bonds. The molecule has 4 aromatic heterocycles. The molecule has 11 rings (SSSR count). The van der Waals surface area contributed by atoms with Crippen molar-refractivity contribution < 1.29 is 13.7 Å². The molecule has 53 heavy (non-hydrogen) atoms. The first-order valence-corrected chi connectivity index (χ1v) is 18.0. The van der Waals surface area contributed by atoms with Crippen LogP contribution in [0.3, 0.4) is 0 Å². The predicted octanol–water partition coefficient (Wildman–Crippen LogP) is 10.2. The van der Waals surface area contributed by atoms with Crippen LogP contribution in [0.4, 0.5) is 0 Å². The van der Waals surface area contributed by atoms with Gasteiger partial charge in [-0.25, -0.2) is 15.0 Å². The number of hydrogen-bond donors (Lipinski definition) is 0. The van der Waals surface area contributed by atoms with Crippen molar-refractivity contribution in [2.45, 2.75) is 38.9 Å². The topological polar surface area (TPSA) is 74.7 Å². The van der Waals surface area contributed by atoms with Gasteiger partial charge >= 0.3 is 7.12 Å². The van der Waals surface area contributed by atoms with E-state index in [0.717, 1.165) is 82.2 Å². The van der Waals surface area contributed by atoms with Gasteiger partial charge in [-0.15, -0.1) is 0 Å². The lowest BCUT2D eigenvalue weighted by Gasteiger charge is -2.32. The highest BCUT2D eigenvalue weighted by atomic mass is 16.7. The summed E-state index contributed by atoms with van der Waals surface area (Å²) in [6.45, 7) is 8.32. The zero-order chi connectivity index (χ0) is 35.6. The zero-order valence-electron chi connectivity index (χ0n) is 29.7. The van der Waals surface area contributed by atoms with Crippen molar-refractivity contribution >= 4 is 72.6 Å². The third-order valence-corrected chi connectivity index (χ3v) is 11.4. The molecular formula is C45H33BN4O3. The summed E-state index contributed by atoms with van der Waals surface area (Å²) in [5, 5.41) is 6.52. The fraction of sp³-hybridized carbons (Fsp3) is 0.133. The average molecular weight is 689 g/mol. The second-order valence-corrected chi connectivity index (χ2v) is 15.1. The minimum absolute atomic E-state index is 0.493. The maximum atomic E-state index is 6.83. The van der Waals surface area contributed by atoms with Crippen LogP contribution in [0.1, 0.15) is 27.7 Å². The number of rotatable bonds is 4. The van der Waals surface area contributed by atoms with E-state index in [2.05, 4.69) is 98.8 Å². The number of para-hydroxylation sites is 1. The van der Waals surface area contributed by atoms with E-state index < -0.39 is 18.3 Å². The average Bonchev–Trinajstić information content (AvgIpc) is 3.77. The SMILES string of the molecule is CC1(C)OB(c2ccc3c4cc(-c5nc(-c6ccccc6)nc(-c6ccccc6)n5)cc5c6ccccc6n(c6cccc7oc2c3c76)c45)OC1(C)C. The first-order valence-electron chi connectivity index (χ1n) is 18.0. The largest absolute Gasteiger partial charge is 0.498 e. The molecule has 0 saturated carbocycles. The smallest absolute Gasteiger partial charge is 0.456 e. The third-order valence-electron chi connectivity index (χ3n) is 11.4. The van der Waals surface area contributed by atoms with Gasteiger partial charge < -0.3 is 18.1 Å². The summed E-state index contributed by atoms with van der Waals surface area (Å²) in [4.78, 5) is 15.2. The van der Waals surface area contributed by atoms with Gasteiger partial charge in [-0.05, 0) is 63.4 Å². The van der Waals surface area contributed by atoms with Gasteiger partial charge in [0.1, 0.15) is 11.2 Å². The first kappa shape index (κ1) is 30.5. The van der Waals surface area contributed by atoms with Crippen molar-refractivity contribution in [1.82, 2.24) is 19.4 Å². The van der Waals surface area contributed by atoms with Crippen molar-refractivity contribution in [3.63, 3.8) is 0 Å². The molecule has 6 aromatic carbocycles. The predicted molar refractivity (Wildman–Crippen MR) is 214 cm³/mol. The Balaban J connectivity index is 1.27. The molecule has 1 aliphatic heterocycles. The molecule has 0 unspecified atom stereocenters. The van der Waals surface area contributed by atoms with Gasteiger partial charge in [-0.1, -0.05) is 97.1 Å². The molecule has 7 nitrogen and oxygen atoms in total. The van der Waals surface area contributed by atoms with E-state index in [4.69, 9.17) is 28.7 Å². The van der Waals surface area contributed by atoms with E-state index in [0.29, 0.717) is 17.5 Å². The quantitative estimate of drug-likeness (QED) is 0.171. The normalized spacial score (nSPS) is 15.7. The van der Waals surface area contributed by atoms with Gasteiger partial charge in [0.05, 0.1) is 33.1 Å². The number of furan rings is 1. The van der Waals surface area contributed by atoms with Crippen LogP contribution in [0, 0.1) is 0 Å². The van der Waals surface area contributed by atoms with E-state index in [1.165, 1.54) is 0 Å². The minimum atomic E-state index is -0.578. The van der Waals surface area contributed by atoms with Crippen molar-refractivity contribution in [2.24, 2.45) is 0 Å². The molecule has 254 valence electrons. The molecule has 0 aliphatic carbocycles. The summed E-state index contributed by atoms with van der Waals surface area (Å²) in [5.41, 5.74) is 7.57. The summed E-state index contributed by atoms with van der Waals surface area (Å²) in [7, 11) is -0.578. The zero-order valence-corrected chi connectivity index (χ0v) is 29.7. The Bertz CT molecular complexity index is 3000. The Kier molecular flexibility index (Phi) is 6.18. The van der Waals surface area contributed by atoms with E-state index in [-0.39, 0.29) is 0 Å².